The second-order valence-corrected chi connectivity index (χ2v) is 3.93. The number of hydrogen-bond acceptors (Lipinski definition) is 3. The molecule has 2 aromatic rings. The first-order chi connectivity index (χ1) is 9.10. The lowest BCUT2D eigenvalue weighted by molar-refractivity contribution is 0.281. The number of methoxy groups -OCH3 is 1. The van der Waals surface area contributed by atoms with E-state index in [0.717, 1.165) is 18.2 Å². The Balaban J connectivity index is 2.18. The van der Waals surface area contributed by atoms with E-state index in [4.69, 9.17) is 15.2 Å². The molecule has 0 aliphatic heterocycles. The van der Waals surface area contributed by atoms with Crippen LogP contribution in [0.25, 0.3) is 0 Å². The first-order valence-electron chi connectivity index (χ1n) is 5.60. The third kappa shape index (κ3) is 3.13. The Morgan fingerprint density at radius 1 is 1.05 bits per heavy atom. The topological polar surface area (TPSA) is 44.5 Å². The van der Waals surface area contributed by atoms with Crippen molar-refractivity contribution in [3.05, 3.63) is 53.6 Å². The molecular formula is C14H13F2NO2. The summed E-state index contributed by atoms with van der Waals surface area (Å²) in [5, 5.41) is 0. The van der Waals surface area contributed by atoms with Gasteiger partial charge in [0.05, 0.1) is 7.11 Å². The highest BCUT2D eigenvalue weighted by molar-refractivity contribution is 5.47. The average molecular weight is 265 g/mol. The summed E-state index contributed by atoms with van der Waals surface area (Å²) in [6.45, 7) is 0.0363. The minimum Gasteiger partial charge on any atom is -0.496 e. The number of nitrogen functional groups attached to an aromatic ring is 1. The molecule has 2 N–H and O–H groups in total. The van der Waals surface area contributed by atoms with Gasteiger partial charge in [0.2, 0.25) is 0 Å². The Morgan fingerprint density at radius 3 is 2.58 bits per heavy atom. The minimum atomic E-state index is -0.621. The monoisotopic (exact) mass is 265 g/mol. The number of ether oxygens (including phenoxy) is 2. The lowest BCUT2D eigenvalue weighted by Gasteiger charge is -2.11. The van der Waals surface area contributed by atoms with Crippen LogP contribution in [-0.2, 0) is 6.61 Å². The normalized spacial score (nSPS) is 10.3. The van der Waals surface area contributed by atoms with E-state index >= 15 is 0 Å². The van der Waals surface area contributed by atoms with Crippen molar-refractivity contribution in [1.82, 2.24) is 0 Å². The maximum absolute atomic E-state index is 13.4. The van der Waals surface area contributed by atoms with Gasteiger partial charge in [0.25, 0.3) is 0 Å². The van der Waals surface area contributed by atoms with Crippen molar-refractivity contribution >= 4 is 5.69 Å². The molecule has 0 aromatic heterocycles. The molecule has 19 heavy (non-hydrogen) atoms. The van der Waals surface area contributed by atoms with Crippen LogP contribution in [0.2, 0.25) is 0 Å². The number of nitrogens with two attached hydrogens (primary N) is 1. The lowest BCUT2D eigenvalue weighted by Crippen LogP contribution is -2.01. The smallest absolute Gasteiger partial charge is 0.165 e. The molecule has 0 aliphatic rings. The number of rotatable bonds is 4. The summed E-state index contributed by atoms with van der Waals surface area (Å²) in [6, 6.07) is 8.08. The van der Waals surface area contributed by atoms with Crippen LogP contribution in [0.4, 0.5) is 14.5 Å². The zero-order valence-corrected chi connectivity index (χ0v) is 10.3. The molecule has 0 amide bonds. The number of halogens is 2. The second kappa shape index (κ2) is 5.56. The maximum atomic E-state index is 13.4. The van der Waals surface area contributed by atoms with Crippen LogP contribution in [0, 0.1) is 11.6 Å². The van der Waals surface area contributed by atoms with Crippen LogP contribution in [0.5, 0.6) is 11.5 Å². The van der Waals surface area contributed by atoms with Gasteiger partial charge in [0, 0.05) is 17.3 Å². The zero-order chi connectivity index (χ0) is 13.8. The first kappa shape index (κ1) is 13.1. The molecule has 0 unspecified atom stereocenters. The second-order valence-electron chi connectivity index (χ2n) is 3.93. The summed E-state index contributed by atoms with van der Waals surface area (Å²) < 4.78 is 36.8. The van der Waals surface area contributed by atoms with E-state index in [-0.39, 0.29) is 12.4 Å². The summed E-state index contributed by atoms with van der Waals surface area (Å²) in [7, 11) is 1.51. The van der Waals surface area contributed by atoms with Crippen molar-refractivity contribution in [2.45, 2.75) is 6.61 Å². The van der Waals surface area contributed by atoms with E-state index in [9.17, 15) is 8.78 Å². The van der Waals surface area contributed by atoms with Gasteiger partial charge in [0.1, 0.15) is 18.2 Å². The molecule has 0 atom stereocenters. The van der Waals surface area contributed by atoms with E-state index in [1.54, 1.807) is 18.2 Å². The van der Waals surface area contributed by atoms with Crippen LogP contribution in [-0.4, -0.2) is 7.11 Å². The fraction of sp³-hybridized carbons (Fsp3) is 0.143. The molecule has 3 nitrogen and oxygen atoms in total. The summed E-state index contributed by atoms with van der Waals surface area (Å²) >= 11 is 0. The fourth-order valence-electron chi connectivity index (χ4n) is 1.65. The van der Waals surface area contributed by atoms with Gasteiger partial charge >= 0.3 is 0 Å². The van der Waals surface area contributed by atoms with Crippen molar-refractivity contribution in [2.24, 2.45) is 0 Å². The molecule has 2 rings (SSSR count). The van der Waals surface area contributed by atoms with Gasteiger partial charge in [0.15, 0.2) is 11.6 Å². The Labute approximate surface area is 109 Å². The van der Waals surface area contributed by atoms with Gasteiger partial charge in [-0.2, -0.15) is 0 Å². The SMILES string of the molecule is COc1ccc(N)cc1COc1cc(F)ccc1F. The molecule has 0 saturated heterocycles. The van der Waals surface area contributed by atoms with Gasteiger partial charge in [-0.05, 0) is 30.3 Å². The standard InChI is InChI=1S/C14H13F2NO2/c1-18-13-5-3-11(17)6-9(13)8-19-14-7-10(15)2-4-12(14)16/h2-7H,8,17H2,1H3. The van der Waals surface area contributed by atoms with Crippen LogP contribution in [0.15, 0.2) is 36.4 Å². The Bertz CT molecular complexity index is 588. The summed E-state index contributed by atoms with van der Waals surface area (Å²) in [5.41, 5.74) is 6.86. The fourth-order valence-corrected chi connectivity index (χ4v) is 1.65. The Morgan fingerprint density at radius 2 is 1.84 bits per heavy atom. The van der Waals surface area contributed by atoms with Crippen LogP contribution in [0.3, 0.4) is 0 Å². The van der Waals surface area contributed by atoms with Crippen molar-refractivity contribution < 1.29 is 18.3 Å². The number of hydrogen-bond donors (Lipinski definition) is 1. The van der Waals surface area contributed by atoms with E-state index in [2.05, 4.69) is 0 Å². The third-order valence-corrected chi connectivity index (χ3v) is 2.58. The predicted octanol–water partition coefficient (Wildman–Crippen LogP) is 3.13. The highest BCUT2D eigenvalue weighted by Gasteiger charge is 2.08. The largest absolute Gasteiger partial charge is 0.496 e. The van der Waals surface area contributed by atoms with E-state index in [1.165, 1.54) is 7.11 Å². The molecule has 5 heteroatoms. The van der Waals surface area contributed by atoms with Crippen molar-refractivity contribution in [1.29, 1.82) is 0 Å². The van der Waals surface area contributed by atoms with E-state index in [1.807, 2.05) is 0 Å². The first-order valence-corrected chi connectivity index (χ1v) is 5.60. The minimum absolute atomic E-state index is 0.0363. The lowest BCUT2D eigenvalue weighted by atomic mass is 10.2. The highest BCUT2D eigenvalue weighted by Crippen LogP contribution is 2.24. The van der Waals surface area contributed by atoms with Gasteiger partial charge in [-0.25, -0.2) is 8.78 Å². The molecule has 0 spiro atoms. The molecule has 0 fully saturated rings. The molecule has 0 heterocycles. The van der Waals surface area contributed by atoms with Gasteiger partial charge in [-0.3, -0.25) is 0 Å². The number of anilines is 1. The third-order valence-electron chi connectivity index (χ3n) is 2.58. The molecule has 100 valence electrons. The predicted molar refractivity (Wildman–Crippen MR) is 68.1 cm³/mol. The van der Waals surface area contributed by atoms with Crippen molar-refractivity contribution in [2.75, 3.05) is 12.8 Å². The van der Waals surface area contributed by atoms with Crippen LogP contribution in [0.1, 0.15) is 5.56 Å². The Kier molecular flexibility index (Phi) is 3.85. The van der Waals surface area contributed by atoms with E-state index < -0.39 is 11.6 Å². The molecule has 0 radical (unpaired) electrons. The highest BCUT2D eigenvalue weighted by atomic mass is 19.1. The van der Waals surface area contributed by atoms with Crippen molar-refractivity contribution in [3.8, 4) is 11.5 Å². The molecular weight excluding hydrogens is 252 g/mol. The molecule has 0 aliphatic carbocycles. The zero-order valence-electron chi connectivity index (χ0n) is 10.3. The van der Waals surface area contributed by atoms with Gasteiger partial charge in [-0.15, -0.1) is 0 Å². The summed E-state index contributed by atoms with van der Waals surface area (Å²) in [4.78, 5) is 0. The number of benzene rings is 2. The average Bonchev–Trinajstić information content (AvgIpc) is 2.40. The van der Waals surface area contributed by atoms with Crippen molar-refractivity contribution in [3.63, 3.8) is 0 Å². The van der Waals surface area contributed by atoms with Crippen LogP contribution < -0.4 is 15.2 Å². The van der Waals surface area contributed by atoms with E-state index in [0.29, 0.717) is 17.0 Å². The van der Waals surface area contributed by atoms with Crippen LogP contribution >= 0.6 is 0 Å². The molecule has 0 saturated carbocycles. The summed E-state index contributed by atoms with van der Waals surface area (Å²) in [6.07, 6.45) is 0. The quantitative estimate of drug-likeness (QED) is 0.864. The molecule has 2 aromatic carbocycles. The van der Waals surface area contributed by atoms with Gasteiger partial charge in [-0.1, -0.05) is 0 Å². The Hall–Kier alpha value is -2.30. The molecule has 0 bridgehead atoms. The van der Waals surface area contributed by atoms with Gasteiger partial charge < -0.3 is 15.2 Å². The summed E-state index contributed by atoms with van der Waals surface area (Å²) in [5.74, 6) is -0.754. The maximum Gasteiger partial charge on any atom is 0.165 e.